The maximum Gasteiger partial charge on any atom is 0.293 e. The van der Waals surface area contributed by atoms with Gasteiger partial charge >= 0.3 is 0 Å². The molecule has 0 spiro atoms. The monoisotopic (exact) mass is 622 g/mol. The summed E-state index contributed by atoms with van der Waals surface area (Å²) in [5.74, 6) is 0.312. The van der Waals surface area contributed by atoms with Crippen molar-refractivity contribution in [1.29, 1.82) is 0 Å². The van der Waals surface area contributed by atoms with Crippen LogP contribution in [0.25, 0.3) is 11.3 Å². The van der Waals surface area contributed by atoms with E-state index >= 15 is 0 Å². The van der Waals surface area contributed by atoms with Gasteiger partial charge < -0.3 is 19.5 Å². The first kappa shape index (κ1) is 26.9. The Hall–Kier alpha value is -3.66. The van der Waals surface area contributed by atoms with Crippen LogP contribution in [0.5, 0.6) is 0 Å². The summed E-state index contributed by atoms with van der Waals surface area (Å²) in [5.41, 5.74) is 3.07. The third-order valence-corrected chi connectivity index (χ3v) is 7.35. The second-order valence-electron chi connectivity index (χ2n) is 8.89. The van der Waals surface area contributed by atoms with E-state index in [0.717, 1.165) is 15.7 Å². The van der Waals surface area contributed by atoms with Crippen molar-refractivity contribution in [3.05, 3.63) is 106 Å². The standard InChI is InChI=1S/C29H24BrClN4O3S/c30-21-8-6-19(7-9-21)25-12-13-26(38-25)27(36)33-29(39)32-22-10-11-24(23(31)18-22)34-14-16-35(17-15-34)28(37)20-4-2-1-3-5-20/h1-13,18H,14-17H2,(H2,32,33,36,39). The highest BCUT2D eigenvalue weighted by Gasteiger charge is 2.23. The average Bonchev–Trinajstić information content (AvgIpc) is 3.44. The summed E-state index contributed by atoms with van der Waals surface area (Å²) in [5, 5.41) is 6.30. The molecule has 7 nitrogen and oxygen atoms in total. The van der Waals surface area contributed by atoms with E-state index in [-0.39, 0.29) is 16.8 Å². The first-order valence-corrected chi connectivity index (χ1v) is 13.8. The number of rotatable bonds is 5. The van der Waals surface area contributed by atoms with Crippen molar-refractivity contribution < 1.29 is 14.0 Å². The van der Waals surface area contributed by atoms with Crippen LogP contribution in [-0.4, -0.2) is 48.0 Å². The van der Waals surface area contributed by atoms with Crippen LogP contribution in [0, 0.1) is 0 Å². The Kier molecular flexibility index (Phi) is 8.30. The van der Waals surface area contributed by atoms with Gasteiger partial charge in [-0.3, -0.25) is 14.9 Å². The largest absolute Gasteiger partial charge is 0.451 e. The van der Waals surface area contributed by atoms with Crippen molar-refractivity contribution in [3.63, 3.8) is 0 Å². The van der Waals surface area contributed by atoms with Gasteiger partial charge in [-0.1, -0.05) is 57.9 Å². The molecule has 1 aliphatic rings. The van der Waals surface area contributed by atoms with E-state index in [9.17, 15) is 9.59 Å². The molecule has 0 saturated carbocycles. The Balaban J connectivity index is 1.15. The number of hydrogen-bond donors (Lipinski definition) is 2. The molecular weight excluding hydrogens is 600 g/mol. The molecule has 2 amide bonds. The fourth-order valence-corrected chi connectivity index (χ4v) is 5.09. The first-order valence-electron chi connectivity index (χ1n) is 12.2. The fraction of sp³-hybridized carbons (Fsp3) is 0.138. The number of piperazine rings is 1. The summed E-state index contributed by atoms with van der Waals surface area (Å²) < 4.78 is 6.66. The van der Waals surface area contributed by atoms with Gasteiger partial charge in [-0.2, -0.15) is 0 Å². The maximum atomic E-state index is 12.7. The quantitative estimate of drug-likeness (QED) is 0.249. The number of hydrogen-bond acceptors (Lipinski definition) is 5. The number of carbonyl (C=O) groups is 2. The van der Waals surface area contributed by atoms with Crippen LogP contribution < -0.4 is 15.5 Å². The minimum Gasteiger partial charge on any atom is -0.451 e. The number of benzene rings is 3. The highest BCUT2D eigenvalue weighted by molar-refractivity contribution is 9.10. The lowest BCUT2D eigenvalue weighted by Crippen LogP contribution is -2.48. The normalized spacial score (nSPS) is 13.2. The van der Waals surface area contributed by atoms with E-state index in [1.54, 1.807) is 18.2 Å². The maximum absolute atomic E-state index is 12.7. The van der Waals surface area contributed by atoms with Gasteiger partial charge in [0.25, 0.3) is 11.8 Å². The van der Waals surface area contributed by atoms with Gasteiger partial charge in [0.05, 0.1) is 10.7 Å². The lowest BCUT2D eigenvalue weighted by molar-refractivity contribution is 0.0746. The van der Waals surface area contributed by atoms with E-state index in [1.165, 1.54) is 0 Å². The van der Waals surface area contributed by atoms with Crippen molar-refractivity contribution in [2.24, 2.45) is 0 Å². The van der Waals surface area contributed by atoms with Gasteiger partial charge in [-0.15, -0.1) is 0 Å². The molecule has 198 valence electrons. The van der Waals surface area contributed by atoms with Crippen LogP contribution in [0.2, 0.25) is 5.02 Å². The molecule has 0 aliphatic carbocycles. The van der Waals surface area contributed by atoms with Crippen molar-refractivity contribution in [2.75, 3.05) is 36.4 Å². The SMILES string of the molecule is O=C(NC(=S)Nc1ccc(N2CCN(C(=O)c3ccccc3)CC2)c(Cl)c1)c1ccc(-c2ccc(Br)cc2)o1. The molecule has 0 radical (unpaired) electrons. The Morgan fingerprint density at radius 1 is 0.897 bits per heavy atom. The van der Waals surface area contributed by atoms with Crippen LogP contribution in [-0.2, 0) is 0 Å². The van der Waals surface area contributed by atoms with Crippen LogP contribution in [0.3, 0.4) is 0 Å². The van der Waals surface area contributed by atoms with E-state index < -0.39 is 5.91 Å². The molecule has 1 aliphatic heterocycles. The van der Waals surface area contributed by atoms with Crippen LogP contribution >= 0.6 is 39.7 Å². The Morgan fingerprint density at radius 3 is 2.31 bits per heavy atom. The molecule has 0 atom stereocenters. The molecule has 2 N–H and O–H groups in total. The Bertz CT molecular complexity index is 1500. The van der Waals surface area contributed by atoms with Crippen LogP contribution in [0.15, 0.2) is 93.8 Å². The van der Waals surface area contributed by atoms with Crippen molar-refractivity contribution in [1.82, 2.24) is 10.2 Å². The summed E-state index contributed by atoms with van der Waals surface area (Å²) >= 11 is 15.3. The van der Waals surface area contributed by atoms with E-state index in [4.69, 9.17) is 28.2 Å². The number of thiocarbonyl (C=S) groups is 1. The summed E-state index contributed by atoms with van der Waals surface area (Å²) in [6, 6.07) is 25.8. The number of anilines is 2. The zero-order valence-corrected chi connectivity index (χ0v) is 23.9. The van der Waals surface area contributed by atoms with Gasteiger partial charge in [-0.25, -0.2) is 0 Å². The number of amides is 2. The summed E-state index contributed by atoms with van der Waals surface area (Å²) in [6.45, 7) is 2.56. The van der Waals surface area contributed by atoms with Crippen LogP contribution in [0.4, 0.5) is 11.4 Å². The third-order valence-electron chi connectivity index (χ3n) is 6.32. The molecule has 4 aromatic rings. The molecule has 1 saturated heterocycles. The van der Waals surface area contributed by atoms with E-state index in [0.29, 0.717) is 48.2 Å². The number of carbonyl (C=O) groups excluding carboxylic acids is 2. The molecule has 1 fully saturated rings. The van der Waals surface area contributed by atoms with Gasteiger partial charge in [0.15, 0.2) is 10.9 Å². The smallest absolute Gasteiger partial charge is 0.293 e. The second-order valence-corrected chi connectivity index (χ2v) is 10.6. The highest BCUT2D eigenvalue weighted by Crippen LogP contribution is 2.30. The predicted octanol–water partition coefficient (Wildman–Crippen LogP) is 6.45. The van der Waals surface area contributed by atoms with Crippen molar-refractivity contribution >= 4 is 68.1 Å². The lowest BCUT2D eigenvalue weighted by Gasteiger charge is -2.36. The molecule has 2 heterocycles. The lowest BCUT2D eigenvalue weighted by atomic mass is 10.1. The highest BCUT2D eigenvalue weighted by atomic mass is 79.9. The third kappa shape index (κ3) is 6.50. The summed E-state index contributed by atoms with van der Waals surface area (Å²) in [4.78, 5) is 29.4. The van der Waals surface area contributed by atoms with E-state index in [2.05, 4.69) is 31.5 Å². The molecule has 5 rings (SSSR count). The number of halogens is 2. The molecule has 10 heteroatoms. The topological polar surface area (TPSA) is 77.8 Å². The van der Waals surface area contributed by atoms with Gasteiger partial charge in [0, 0.05) is 47.5 Å². The molecule has 0 unspecified atom stereocenters. The minimum atomic E-state index is -0.457. The number of nitrogens with zero attached hydrogens (tertiary/aromatic N) is 2. The van der Waals surface area contributed by atoms with Crippen molar-refractivity contribution in [2.45, 2.75) is 0 Å². The molecule has 3 aromatic carbocycles. The number of furan rings is 1. The molecule has 1 aromatic heterocycles. The fourth-order valence-electron chi connectivity index (χ4n) is 4.31. The minimum absolute atomic E-state index is 0.0375. The Labute approximate surface area is 244 Å². The second kappa shape index (κ2) is 12.0. The zero-order chi connectivity index (χ0) is 27.4. The van der Waals surface area contributed by atoms with E-state index in [1.807, 2.05) is 71.6 Å². The average molecular weight is 624 g/mol. The van der Waals surface area contributed by atoms with Crippen molar-refractivity contribution in [3.8, 4) is 11.3 Å². The van der Waals surface area contributed by atoms with Gasteiger partial charge in [0.2, 0.25) is 0 Å². The Morgan fingerprint density at radius 2 is 1.62 bits per heavy atom. The molecule has 39 heavy (non-hydrogen) atoms. The van der Waals surface area contributed by atoms with Gasteiger partial charge in [0.1, 0.15) is 5.76 Å². The molecule has 0 bridgehead atoms. The molecular formula is C29H24BrClN4O3S. The summed E-state index contributed by atoms with van der Waals surface area (Å²) in [6.07, 6.45) is 0. The predicted molar refractivity (Wildman–Crippen MR) is 162 cm³/mol. The zero-order valence-electron chi connectivity index (χ0n) is 20.7. The summed E-state index contributed by atoms with van der Waals surface area (Å²) in [7, 11) is 0. The van der Waals surface area contributed by atoms with Gasteiger partial charge in [-0.05, 0) is 66.8 Å². The first-order chi connectivity index (χ1) is 18.9. The van der Waals surface area contributed by atoms with Crippen LogP contribution in [0.1, 0.15) is 20.9 Å². The number of nitrogens with one attached hydrogen (secondary N) is 2.